The third-order valence-electron chi connectivity index (χ3n) is 4.93. The van der Waals surface area contributed by atoms with Crippen molar-refractivity contribution in [3.63, 3.8) is 0 Å². The second kappa shape index (κ2) is 17.8. The van der Waals surface area contributed by atoms with Crippen molar-refractivity contribution in [2.45, 2.75) is 116 Å². The number of carbonyl (C=O) groups is 2. The predicted octanol–water partition coefficient (Wildman–Crippen LogP) is 6.42. The maximum Gasteiger partial charge on any atom is 0.303 e. The zero-order chi connectivity index (χ0) is 18.8. The topological polar surface area (TPSA) is 74.6 Å². The maximum atomic E-state index is 11.0. The first-order valence-corrected chi connectivity index (χ1v) is 10.5. The highest BCUT2D eigenvalue weighted by Gasteiger charge is 2.12. The van der Waals surface area contributed by atoms with E-state index < -0.39 is 11.9 Å². The van der Waals surface area contributed by atoms with Crippen molar-refractivity contribution in [3.05, 3.63) is 0 Å². The van der Waals surface area contributed by atoms with E-state index in [0.717, 1.165) is 38.5 Å². The zero-order valence-electron chi connectivity index (χ0n) is 16.3. The molecule has 0 aliphatic rings. The van der Waals surface area contributed by atoms with Gasteiger partial charge >= 0.3 is 11.9 Å². The van der Waals surface area contributed by atoms with Crippen LogP contribution in [0.4, 0.5) is 0 Å². The lowest BCUT2D eigenvalue weighted by molar-refractivity contribution is -0.138. The van der Waals surface area contributed by atoms with Gasteiger partial charge in [-0.2, -0.15) is 0 Å². The largest absolute Gasteiger partial charge is 0.481 e. The van der Waals surface area contributed by atoms with Gasteiger partial charge in [-0.15, -0.1) is 0 Å². The summed E-state index contributed by atoms with van der Waals surface area (Å²) in [5.41, 5.74) is 0. The molecule has 2 N–H and O–H groups in total. The Morgan fingerprint density at radius 1 is 0.640 bits per heavy atom. The van der Waals surface area contributed by atoms with Gasteiger partial charge in [0, 0.05) is 12.8 Å². The monoisotopic (exact) mass is 356 g/mol. The van der Waals surface area contributed by atoms with Crippen LogP contribution in [0.1, 0.15) is 116 Å². The molecule has 0 saturated carbocycles. The summed E-state index contributed by atoms with van der Waals surface area (Å²) in [6, 6.07) is 0. The normalized spacial score (nSPS) is 12.2. The minimum absolute atomic E-state index is 0.287. The number of aliphatic carboxylic acids is 2. The highest BCUT2D eigenvalue weighted by atomic mass is 16.4. The number of unbranched alkanes of at least 4 members (excludes halogenated alkanes) is 11. The summed E-state index contributed by atoms with van der Waals surface area (Å²) in [5.74, 6) is -1.01. The van der Waals surface area contributed by atoms with Crippen LogP contribution in [0.2, 0.25) is 0 Å². The van der Waals surface area contributed by atoms with Crippen LogP contribution in [0.5, 0.6) is 0 Å². The molecule has 0 heterocycles. The second-order valence-electron chi connectivity index (χ2n) is 7.43. The highest BCUT2D eigenvalue weighted by molar-refractivity contribution is 5.67. The smallest absolute Gasteiger partial charge is 0.303 e. The Labute approximate surface area is 154 Å². The van der Waals surface area contributed by atoms with Gasteiger partial charge in [-0.1, -0.05) is 84.0 Å². The number of carboxylic acid groups (broad SMARTS) is 2. The van der Waals surface area contributed by atoms with Crippen molar-refractivity contribution in [2.24, 2.45) is 5.92 Å². The van der Waals surface area contributed by atoms with E-state index in [2.05, 4.69) is 6.92 Å². The van der Waals surface area contributed by atoms with Crippen molar-refractivity contribution in [1.29, 1.82) is 0 Å². The first-order valence-electron chi connectivity index (χ1n) is 10.5. The molecule has 0 amide bonds. The Hall–Kier alpha value is -1.06. The van der Waals surface area contributed by atoms with Crippen LogP contribution in [0.25, 0.3) is 0 Å². The van der Waals surface area contributed by atoms with Gasteiger partial charge in [-0.05, 0) is 25.2 Å². The molecule has 148 valence electrons. The zero-order valence-corrected chi connectivity index (χ0v) is 16.3. The van der Waals surface area contributed by atoms with E-state index in [-0.39, 0.29) is 6.42 Å². The minimum atomic E-state index is -0.699. The molecule has 0 aromatic heterocycles. The average Bonchev–Trinajstić information content (AvgIpc) is 2.55. The first kappa shape index (κ1) is 23.9. The molecule has 4 nitrogen and oxygen atoms in total. The van der Waals surface area contributed by atoms with Crippen LogP contribution in [0, 0.1) is 5.92 Å². The summed E-state index contributed by atoms with van der Waals surface area (Å²) in [5, 5.41) is 17.7. The number of hydrogen-bond donors (Lipinski definition) is 2. The van der Waals surface area contributed by atoms with Crippen molar-refractivity contribution in [3.8, 4) is 0 Å². The molecular formula is C21H40O4. The number of hydrogen-bond acceptors (Lipinski definition) is 2. The first-order chi connectivity index (χ1) is 12.1. The second-order valence-corrected chi connectivity index (χ2v) is 7.43. The van der Waals surface area contributed by atoms with Gasteiger partial charge in [0.2, 0.25) is 0 Å². The molecule has 0 bridgehead atoms. The Morgan fingerprint density at radius 2 is 1.08 bits per heavy atom. The Kier molecular flexibility index (Phi) is 17.0. The minimum Gasteiger partial charge on any atom is -0.481 e. The van der Waals surface area contributed by atoms with Crippen LogP contribution < -0.4 is 0 Å². The van der Waals surface area contributed by atoms with E-state index in [1.807, 2.05) is 0 Å². The average molecular weight is 357 g/mol. The molecule has 0 spiro atoms. The van der Waals surface area contributed by atoms with Gasteiger partial charge in [0.05, 0.1) is 0 Å². The van der Waals surface area contributed by atoms with E-state index in [4.69, 9.17) is 10.2 Å². The lowest BCUT2D eigenvalue weighted by Gasteiger charge is -2.14. The fraction of sp³-hybridized carbons (Fsp3) is 0.905. The highest BCUT2D eigenvalue weighted by Crippen LogP contribution is 2.22. The molecule has 0 aliphatic heterocycles. The SMILES string of the molecule is CCCCCCCCC(CCCCCCCCCC(=O)O)CC(=O)O. The summed E-state index contributed by atoms with van der Waals surface area (Å²) in [7, 11) is 0. The summed E-state index contributed by atoms with van der Waals surface area (Å²) >= 11 is 0. The van der Waals surface area contributed by atoms with E-state index in [1.54, 1.807) is 0 Å². The summed E-state index contributed by atoms with van der Waals surface area (Å²) in [6.07, 6.45) is 17.9. The molecule has 0 aliphatic carbocycles. The van der Waals surface area contributed by atoms with Crippen LogP contribution in [-0.4, -0.2) is 22.2 Å². The van der Waals surface area contributed by atoms with Crippen LogP contribution >= 0.6 is 0 Å². The van der Waals surface area contributed by atoms with Crippen LogP contribution in [0.3, 0.4) is 0 Å². The van der Waals surface area contributed by atoms with Gasteiger partial charge < -0.3 is 10.2 Å². The van der Waals surface area contributed by atoms with Gasteiger partial charge in [0.25, 0.3) is 0 Å². The fourth-order valence-corrected chi connectivity index (χ4v) is 3.40. The molecule has 0 rings (SSSR count). The van der Waals surface area contributed by atoms with Crippen LogP contribution in [0.15, 0.2) is 0 Å². The summed E-state index contributed by atoms with van der Waals surface area (Å²) in [4.78, 5) is 21.4. The molecule has 4 heteroatoms. The van der Waals surface area contributed by atoms with Crippen LogP contribution in [-0.2, 0) is 9.59 Å². The van der Waals surface area contributed by atoms with Crippen molar-refractivity contribution < 1.29 is 19.8 Å². The predicted molar refractivity (Wildman–Crippen MR) is 103 cm³/mol. The molecule has 0 aromatic carbocycles. The van der Waals surface area contributed by atoms with Crippen molar-refractivity contribution in [2.75, 3.05) is 0 Å². The maximum absolute atomic E-state index is 11.0. The van der Waals surface area contributed by atoms with Gasteiger partial charge in [0.15, 0.2) is 0 Å². The van der Waals surface area contributed by atoms with E-state index in [9.17, 15) is 9.59 Å². The van der Waals surface area contributed by atoms with Crippen molar-refractivity contribution in [1.82, 2.24) is 0 Å². The molecular weight excluding hydrogens is 316 g/mol. The van der Waals surface area contributed by atoms with E-state index in [0.29, 0.717) is 12.3 Å². The molecule has 0 aromatic rings. The molecule has 0 fully saturated rings. The van der Waals surface area contributed by atoms with Crippen molar-refractivity contribution >= 4 is 11.9 Å². The Bertz CT molecular complexity index is 328. The van der Waals surface area contributed by atoms with Gasteiger partial charge in [-0.25, -0.2) is 0 Å². The number of carboxylic acids is 2. The fourth-order valence-electron chi connectivity index (χ4n) is 3.40. The lowest BCUT2D eigenvalue weighted by atomic mass is 9.91. The standard InChI is InChI=1S/C21H40O4/c1-2-3-4-5-9-12-15-19(18-21(24)25)16-13-10-7-6-8-11-14-17-20(22)23/h19H,2-18H2,1H3,(H,22,23)(H,24,25). The van der Waals surface area contributed by atoms with Gasteiger partial charge in [-0.3, -0.25) is 9.59 Å². The Morgan fingerprint density at radius 3 is 1.52 bits per heavy atom. The lowest BCUT2D eigenvalue weighted by Crippen LogP contribution is -2.08. The molecule has 0 radical (unpaired) electrons. The van der Waals surface area contributed by atoms with E-state index >= 15 is 0 Å². The third-order valence-corrected chi connectivity index (χ3v) is 4.93. The molecule has 1 atom stereocenters. The molecule has 25 heavy (non-hydrogen) atoms. The Balaban J connectivity index is 3.61. The molecule has 0 saturated heterocycles. The number of rotatable bonds is 19. The van der Waals surface area contributed by atoms with E-state index in [1.165, 1.54) is 57.8 Å². The third kappa shape index (κ3) is 19.1. The quantitative estimate of drug-likeness (QED) is 0.262. The summed E-state index contributed by atoms with van der Waals surface area (Å²) < 4.78 is 0. The molecule has 1 unspecified atom stereocenters. The van der Waals surface area contributed by atoms with Gasteiger partial charge in [0.1, 0.15) is 0 Å². The summed E-state index contributed by atoms with van der Waals surface area (Å²) in [6.45, 7) is 2.22.